The van der Waals surface area contributed by atoms with E-state index in [0.717, 1.165) is 25.2 Å². The first kappa shape index (κ1) is 12.4. The third-order valence-corrected chi connectivity index (χ3v) is 5.76. The van der Waals surface area contributed by atoms with Crippen molar-refractivity contribution < 1.29 is 9.21 Å². The third-order valence-electron chi connectivity index (χ3n) is 5.76. The minimum Gasteiger partial charge on any atom is -0.432 e. The molecule has 1 aromatic rings. The normalized spacial score (nSPS) is 45.6. The highest BCUT2D eigenvalue weighted by Gasteiger charge is 2.62. The smallest absolute Gasteiger partial charge is 0.301 e. The van der Waals surface area contributed by atoms with E-state index < -0.39 is 0 Å². The van der Waals surface area contributed by atoms with Crippen molar-refractivity contribution in [2.24, 2.45) is 22.2 Å². The molecule has 2 unspecified atom stereocenters. The molecule has 2 atom stereocenters. The van der Waals surface area contributed by atoms with E-state index in [4.69, 9.17) is 4.42 Å². The molecule has 0 saturated heterocycles. The Bertz CT molecular complexity index is 533. The SMILES string of the molecule is CC12CC3CC(C)(C1)CC(C(=O)Nc1ncco1)(C3)C2. The van der Waals surface area contributed by atoms with Gasteiger partial charge in [-0.25, -0.2) is 4.98 Å². The highest BCUT2D eigenvalue weighted by molar-refractivity contribution is 5.94. The van der Waals surface area contributed by atoms with Gasteiger partial charge in [-0.15, -0.1) is 0 Å². The van der Waals surface area contributed by atoms with Crippen LogP contribution in [0.1, 0.15) is 52.4 Å². The number of nitrogens with zero attached hydrogens (tertiary/aromatic N) is 1. The molecule has 108 valence electrons. The van der Waals surface area contributed by atoms with Gasteiger partial charge in [0, 0.05) is 0 Å². The van der Waals surface area contributed by atoms with E-state index in [1.54, 1.807) is 6.20 Å². The topological polar surface area (TPSA) is 55.1 Å². The first-order valence-electron chi connectivity index (χ1n) is 7.62. The summed E-state index contributed by atoms with van der Waals surface area (Å²) in [5.41, 5.74) is 0.502. The molecular formula is C16H22N2O2. The Hall–Kier alpha value is -1.32. The number of nitrogens with one attached hydrogen (secondary N) is 1. The summed E-state index contributed by atoms with van der Waals surface area (Å²) in [6.07, 6.45) is 10.1. The van der Waals surface area contributed by atoms with Crippen molar-refractivity contribution >= 4 is 11.9 Å². The van der Waals surface area contributed by atoms with Crippen LogP contribution < -0.4 is 5.32 Å². The van der Waals surface area contributed by atoms with Crippen molar-refractivity contribution in [3.05, 3.63) is 12.5 Å². The number of oxazole rings is 1. The standard InChI is InChI=1S/C16H22N2O2/c1-14-5-11-6-15(2,8-14)10-16(7-11,9-14)12(19)18-13-17-3-4-20-13/h3-4,11H,5-10H2,1-2H3,(H,17,18,19). The summed E-state index contributed by atoms with van der Waals surface area (Å²) in [6, 6.07) is 0.334. The first-order valence-corrected chi connectivity index (χ1v) is 7.62. The molecule has 4 bridgehead atoms. The van der Waals surface area contributed by atoms with Crippen LogP contribution in [0.2, 0.25) is 0 Å². The molecule has 20 heavy (non-hydrogen) atoms. The molecule has 1 N–H and O–H groups in total. The van der Waals surface area contributed by atoms with Gasteiger partial charge < -0.3 is 4.42 Å². The Morgan fingerprint density at radius 1 is 1.25 bits per heavy atom. The molecular weight excluding hydrogens is 252 g/mol. The summed E-state index contributed by atoms with van der Waals surface area (Å²) in [7, 11) is 0. The van der Waals surface area contributed by atoms with Gasteiger partial charge in [0.25, 0.3) is 0 Å². The van der Waals surface area contributed by atoms with E-state index in [9.17, 15) is 4.79 Å². The number of amides is 1. The fourth-order valence-electron chi connectivity index (χ4n) is 6.22. The minimum absolute atomic E-state index is 0.126. The fraction of sp³-hybridized carbons (Fsp3) is 0.750. The maximum atomic E-state index is 12.8. The lowest BCUT2D eigenvalue weighted by molar-refractivity contribution is -0.165. The molecule has 0 aliphatic heterocycles. The maximum absolute atomic E-state index is 12.8. The summed E-state index contributed by atoms with van der Waals surface area (Å²) in [6.45, 7) is 4.76. The number of anilines is 1. The Labute approximate surface area is 119 Å². The van der Waals surface area contributed by atoms with Crippen LogP contribution in [0.5, 0.6) is 0 Å². The molecule has 1 aromatic heterocycles. The molecule has 4 aliphatic carbocycles. The van der Waals surface area contributed by atoms with Gasteiger partial charge in [0.05, 0.1) is 11.6 Å². The Kier molecular flexibility index (Phi) is 2.27. The van der Waals surface area contributed by atoms with Gasteiger partial charge in [-0.2, -0.15) is 0 Å². The van der Waals surface area contributed by atoms with E-state index in [-0.39, 0.29) is 11.3 Å². The van der Waals surface area contributed by atoms with Crippen LogP contribution in [0.15, 0.2) is 16.9 Å². The molecule has 0 spiro atoms. The largest absolute Gasteiger partial charge is 0.432 e. The average Bonchev–Trinajstić information content (AvgIpc) is 2.76. The number of rotatable bonds is 2. The quantitative estimate of drug-likeness (QED) is 0.896. The number of hydrogen-bond acceptors (Lipinski definition) is 3. The van der Waals surface area contributed by atoms with Crippen molar-refractivity contribution in [3.8, 4) is 0 Å². The molecule has 0 radical (unpaired) electrons. The van der Waals surface area contributed by atoms with Crippen LogP contribution in [0.3, 0.4) is 0 Å². The highest BCUT2D eigenvalue weighted by atomic mass is 16.4. The van der Waals surface area contributed by atoms with Crippen LogP contribution >= 0.6 is 0 Å². The minimum atomic E-state index is -0.197. The Balaban J connectivity index is 1.65. The van der Waals surface area contributed by atoms with Crippen LogP contribution in [0, 0.1) is 22.2 Å². The molecule has 1 amide bonds. The highest BCUT2D eigenvalue weighted by Crippen LogP contribution is 2.69. The van der Waals surface area contributed by atoms with Gasteiger partial charge in [-0.05, 0) is 55.3 Å². The monoisotopic (exact) mass is 274 g/mol. The van der Waals surface area contributed by atoms with E-state index >= 15 is 0 Å². The zero-order valence-corrected chi connectivity index (χ0v) is 12.2. The second-order valence-corrected chi connectivity index (χ2v) is 8.20. The van der Waals surface area contributed by atoms with Crippen LogP contribution in [-0.4, -0.2) is 10.9 Å². The number of carbonyl (C=O) groups is 1. The van der Waals surface area contributed by atoms with E-state index in [1.165, 1.54) is 25.5 Å². The summed E-state index contributed by atoms with van der Waals surface area (Å²) < 4.78 is 5.17. The van der Waals surface area contributed by atoms with Gasteiger partial charge in [0.2, 0.25) is 5.91 Å². The molecule has 1 heterocycles. The second-order valence-electron chi connectivity index (χ2n) is 8.20. The lowest BCUT2D eigenvalue weighted by atomic mass is 9.40. The lowest BCUT2D eigenvalue weighted by Gasteiger charge is -2.64. The predicted octanol–water partition coefficient (Wildman–Crippen LogP) is 3.61. The van der Waals surface area contributed by atoms with Crippen LogP contribution in [-0.2, 0) is 4.79 Å². The first-order chi connectivity index (χ1) is 9.41. The zero-order valence-electron chi connectivity index (χ0n) is 12.2. The van der Waals surface area contributed by atoms with Crippen molar-refractivity contribution in [1.29, 1.82) is 0 Å². The number of aromatic nitrogens is 1. The molecule has 4 aliphatic rings. The number of carbonyl (C=O) groups excluding carboxylic acids is 1. The second kappa shape index (κ2) is 3.66. The van der Waals surface area contributed by atoms with Crippen molar-refractivity contribution in [2.45, 2.75) is 52.4 Å². The van der Waals surface area contributed by atoms with E-state index in [2.05, 4.69) is 24.1 Å². The van der Waals surface area contributed by atoms with Crippen LogP contribution in [0.25, 0.3) is 0 Å². The Morgan fingerprint density at radius 3 is 2.50 bits per heavy atom. The predicted molar refractivity (Wildman–Crippen MR) is 75.0 cm³/mol. The maximum Gasteiger partial charge on any atom is 0.301 e. The Morgan fingerprint density at radius 2 is 1.95 bits per heavy atom. The molecule has 4 heteroatoms. The van der Waals surface area contributed by atoms with Crippen LogP contribution in [0.4, 0.5) is 6.01 Å². The van der Waals surface area contributed by atoms with Gasteiger partial charge in [0.15, 0.2) is 0 Å². The number of hydrogen-bond donors (Lipinski definition) is 1. The van der Waals surface area contributed by atoms with Gasteiger partial charge in [-0.3, -0.25) is 10.1 Å². The van der Waals surface area contributed by atoms with E-state index in [0.29, 0.717) is 16.8 Å². The van der Waals surface area contributed by atoms with Gasteiger partial charge in [-0.1, -0.05) is 13.8 Å². The van der Waals surface area contributed by atoms with Gasteiger partial charge >= 0.3 is 6.01 Å². The third kappa shape index (κ3) is 1.73. The molecule has 4 saturated carbocycles. The molecule has 0 aromatic carbocycles. The molecule has 4 fully saturated rings. The summed E-state index contributed by atoms with van der Waals surface area (Å²) >= 11 is 0. The fourth-order valence-corrected chi connectivity index (χ4v) is 6.22. The average molecular weight is 274 g/mol. The zero-order chi connectivity index (χ0) is 14.0. The van der Waals surface area contributed by atoms with E-state index in [1.807, 2.05) is 0 Å². The van der Waals surface area contributed by atoms with Crippen molar-refractivity contribution in [3.63, 3.8) is 0 Å². The summed E-state index contributed by atoms with van der Waals surface area (Å²) in [5, 5.41) is 2.90. The summed E-state index contributed by atoms with van der Waals surface area (Å²) in [4.78, 5) is 16.9. The van der Waals surface area contributed by atoms with Crippen molar-refractivity contribution in [2.75, 3.05) is 5.32 Å². The molecule has 4 nitrogen and oxygen atoms in total. The van der Waals surface area contributed by atoms with Gasteiger partial charge in [0.1, 0.15) is 6.26 Å². The molecule has 5 rings (SSSR count). The summed E-state index contributed by atoms with van der Waals surface area (Å²) in [5.74, 6) is 0.845. The van der Waals surface area contributed by atoms with Crippen molar-refractivity contribution in [1.82, 2.24) is 4.98 Å². The lowest BCUT2D eigenvalue weighted by Crippen LogP contribution is -2.58.